The molecule has 9 nitrogen and oxygen atoms in total. The zero-order valence-electron chi connectivity index (χ0n) is 18.8. The molecule has 1 N–H and O–H groups in total. The number of hydrogen-bond acceptors (Lipinski definition) is 7. The number of nitrogens with one attached hydrogen (secondary N) is 1. The first-order valence-electron chi connectivity index (χ1n) is 10.6. The second-order valence-corrected chi connectivity index (χ2v) is 9.17. The van der Waals surface area contributed by atoms with Gasteiger partial charge in [-0.2, -0.15) is 18.3 Å². The molecule has 0 bridgehead atoms. The van der Waals surface area contributed by atoms with Gasteiger partial charge in [0.1, 0.15) is 11.5 Å². The molecule has 0 saturated heterocycles. The van der Waals surface area contributed by atoms with E-state index in [-0.39, 0.29) is 34.2 Å². The molecule has 3 aromatic heterocycles. The quantitative estimate of drug-likeness (QED) is 0.176. The highest BCUT2D eigenvalue weighted by molar-refractivity contribution is 7.13. The minimum Gasteiger partial charge on any atom is -0.457 e. The third kappa shape index (κ3) is 5.28. The molecule has 5 rings (SSSR count). The molecule has 38 heavy (non-hydrogen) atoms. The van der Waals surface area contributed by atoms with Crippen LogP contribution in [0.5, 0.6) is 11.5 Å². The van der Waals surface area contributed by atoms with Crippen molar-refractivity contribution in [2.24, 2.45) is 0 Å². The number of nitro benzene ring substituents is 1. The number of aromatic nitrogens is 3. The molecule has 0 atom stereocenters. The molecule has 2 aromatic carbocycles. The van der Waals surface area contributed by atoms with Gasteiger partial charge in [0.15, 0.2) is 17.0 Å². The molecule has 0 radical (unpaired) electrons. The summed E-state index contributed by atoms with van der Waals surface area (Å²) in [6.07, 6.45) is -4.78. The summed E-state index contributed by atoms with van der Waals surface area (Å²) in [6.45, 7) is 0. The summed E-state index contributed by atoms with van der Waals surface area (Å²) in [5, 5.41) is 19.8. The number of anilines is 1. The van der Waals surface area contributed by atoms with Gasteiger partial charge in [0.05, 0.1) is 27.2 Å². The Balaban J connectivity index is 1.48. The Labute approximate surface area is 220 Å². The lowest BCUT2D eigenvalue weighted by Crippen LogP contribution is -2.15. The van der Waals surface area contributed by atoms with Crippen molar-refractivity contribution < 1.29 is 27.6 Å². The number of thiophene rings is 1. The van der Waals surface area contributed by atoms with Gasteiger partial charge in [-0.25, -0.2) is 9.50 Å². The van der Waals surface area contributed by atoms with Crippen molar-refractivity contribution in [1.82, 2.24) is 14.6 Å². The summed E-state index contributed by atoms with van der Waals surface area (Å²) in [7, 11) is 0. The highest BCUT2D eigenvalue weighted by atomic mass is 35.5. The Morgan fingerprint density at radius 2 is 1.84 bits per heavy atom. The first kappa shape index (κ1) is 25.2. The number of nitrogens with zero attached hydrogens (tertiary/aromatic N) is 4. The summed E-state index contributed by atoms with van der Waals surface area (Å²) >= 11 is 7.07. The normalized spacial score (nSPS) is 11.5. The maximum atomic E-state index is 13.8. The Morgan fingerprint density at radius 1 is 1.08 bits per heavy atom. The molecule has 0 spiro atoms. The number of hydrogen-bond donors (Lipinski definition) is 1. The molecule has 0 aliphatic carbocycles. The smallest absolute Gasteiger partial charge is 0.433 e. The highest BCUT2D eigenvalue weighted by Gasteiger charge is 2.35. The van der Waals surface area contributed by atoms with E-state index in [1.165, 1.54) is 17.4 Å². The number of benzene rings is 2. The molecular weight excluding hydrogens is 547 g/mol. The van der Waals surface area contributed by atoms with Crippen LogP contribution in [0.1, 0.15) is 16.2 Å². The number of ether oxygens (including phenoxy) is 1. The zero-order chi connectivity index (χ0) is 27.0. The lowest BCUT2D eigenvalue weighted by Gasteiger charge is -2.10. The lowest BCUT2D eigenvalue weighted by molar-refractivity contribution is -0.384. The number of nitro groups is 1. The van der Waals surface area contributed by atoms with E-state index >= 15 is 0 Å². The van der Waals surface area contributed by atoms with Gasteiger partial charge in [0.25, 0.3) is 11.6 Å². The largest absolute Gasteiger partial charge is 0.457 e. The van der Waals surface area contributed by atoms with E-state index in [0.29, 0.717) is 20.2 Å². The minimum atomic E-state index is -4.78. The average Bonchev–Trinajstić information content (AvgIpc) is 3.54. The third-order valence-corrected chi connectivity index (χ3v) is 6.28. The van der Waals surface area contributed by atoms with Crippen molar-refractivity contribution in [3.05, 3.63) is 98.6 Å². The summed E-state index contributed by atoms with van der Waals surface area (Å²) in [5.74, 6) is -0.535. The predicted octanol–water partition coefficient (Wildman–Crippen LogP) is 7.08. The van der Waals surface area contributed by atoms with Crippen LogP contribution in [0.3, 0.4) is 0 Å². The Hall–Kier alpha value is -4.49. The maximum Gasteiger partial charge on any atom is 0.433 e. The van der Waals surface area contributed by atoms with E-state index in [4.69, 9.17) is 16.3 Å². The van der Waals surface area contributed by atoms with Crippen LogP contribution in [0.15, 0.2) is 72.1 Å². The van der Waals surface area contributed by atoms with Crippen molar-refractivity contribution >= 4 is 45.9 Å². The molecule has 0 aliphatic rings. The highest BCUT2D eigenvalue weighted by Crippen LogP contribution is 2.34. The van der Waals surface area contributed by atoms with Crippen molar-refractivity contribution in [1.29, 1.82) is 0 Å². The number of carbonyl (C=O) groups is 1. The van der Waals surface area contributed by atoms with E-state index in [2.05, 4.69) is 15.4 Å². The van der Waals surface area contributed by atoms with Crippen LogP contribution in [0.25, 0.3) is 16.2 Å². The van der Waals surface area contributed by atoms with Gasteiger partial charge in [-0.15, -0.1) is 11.3 Å². The van der Waals surface area contributed by atoms with Crippen molar-refractivity contribution in [2.45, 2.75) is 6.18 Å². The van der Waals surface area contributed by atoms with Gasteiger partial charge in [-0.05, 0) is 41.8 Å². The van der Waals surface area contributed by atoms with Gasteiger partial charge in [0, 0.05) is 23.2 Å². The number of carbonyl (C=O) groups excluding carboxylic acids is 1. The molecule has 0 unspecified atom stereocenters. The fraction of sp³-hybridized carbons (Fsp3) is 0.0417. The predicted molar refractivity (Wildman–Crippen MR) is 134 cm³/mol. The van der Waals surface area contributed by atoms with Crippen LogP contribution in [0, 0.1) is 10.1 Å². The fourth-order valence-corrected chi connectivity index (χ4v) is 4.30. The van der Waals surface area contributed by atoms with Crippen LogP contribution < -0.4 is 10.1 Å². The third-order valence-electron chi connectivity index (χ3n) is 5.13. The van der Waals surface area contributed by atoms with E-state index in [1.807, 2.05) is 0 Å². The Kier molecular flexibility index (Phi) is 6.46. The first-order chi connectivity index (χ1) is 18.1. The van der Waals surface area contributed by atoms with Crippen LogP contribution in [-0.4, -0.2) is 25.4 Å². The topological polar surface area (TPSA) is 112 Å². The number of halogens is 4. The van der Waals surface area contributed by atoms with E-state index in [9.17, 15) is 28.1 Å². The standard InChI is InChI=1S/C24H13ClF3N5O4S/c25-13-3-5-16(6-4-13)37-17-9-14(8-15(10-17)33(35)36)29-23(34)19-12-22-30-18(20-2-1-7-38-20)11-21(24(26,27)28)32(22)31-19/h1-12H,(H,29,34). The van der Waals surface area contributed by atoms with Gasteiger partial charge in [0.2, 0.25) is 0 Å². The number of rotatable bonds is 6. The molecular formula is C24H13ClF3N5O4S. The molecule has 1 amide bonds. The molecule has 0 fully saturated rings. The Bertz CT molecular complexity index is 1670. The maximum absolute atomic E-state index is 13.8. The van der Waals surface area contributed by atoms with Crippen LogP contribution in [-0.2, 0) is 6.18 Å². The zero-order valence-corrected chi connectivity index (χ0v) is 20.3. The molecule has 192 valence electrons. The van der Waals surface area contributed by atoms with Gasteiger partial charge in [-0.1, -0.05) is 17.7 Å². The van der Waals surface area contributed by atoms with Crippen LogP contribution in [0.2, 0.25) is 5.02 Å². The number of alkyl halides is 3. The van der Waals surface area contributed by atoms with Crippen LogP contribution in [0.4, 0.5) is 24.5 Å². The molecule has 0 saturated carbocycles. The van der Waals surface area contributed by atoms with E-state index in [0.717, 1.165) is 24.3 Å². The second kappa shape index (κ2) is 9.76. The minimum absolute atomic E-state index is 0.0338. The number of fused-ring (bicyclic) bond motifs is 1. The molecule has 5 aromatic rings. The summed E-state index contributed by atoms with van der Waals surface area (Å²) in [5.41, 5.74) is -2.03. The van der Waals surface area contributed by atoms with Gasteiger partial charge >= 0.3 is 6.18 Å². The van der Waals surface area contributed by atoms with Gasteiger partial charge < -0.3 is 10.1 Å². The van der Waals surface area contributed by atoms with E-state index < -0.39 is 22.7 Å². The number of amides is 1. The molecule has 0 aliphatic heterocycles. The molecule has 14 heteroatoms. The summed E-state index contributed by atoms with van der Waals surface area (Å²) in [6, 6.07) is 15.0. The van der Waals surface area contributed by atoms with E-state index in [1.54, 1.807) is 41.8 Å². The van der Waals surface area contributed by atoms with Crippen molar-refractivity contribution in [2.75, 3.05) is 5.32 Å². The van der Waals surface area contributed by atoms with Crippen molar-refractivity contribution in [3.8, 4) is 22.1 Å². The number of non-ortho nitro benzene ring substituents is 1. The average molecular weight is 560 g/mol. The first-order valence-corrected chi connectivity index (χ1v) is 11.9. The summed E-state index contributed by atoms with van der Waals surface area (Å²) in [4.78, 5) is 28.4. The lowest BCUT2D eigenvalue weighted by atomic mass is 10.2. The summed E-state index contributed by atoms with van der Waals surface area (Å²) < 4.78 is 47.5. The second-order valence-electron chi connectivity index (χ2n) is 7.78. The SMILES string of the molecule is O=C(Nc1cc(Oc2ccc(Cl)cc2)cc([N+](=O)[O-])c1)c1cc2nc(-c3cccs3)cc(C(F)(F)F)n2n1. The van der Waals surface area contributed by atoms with Crippen LogP contribution >= 0.6 is 22.9 Å². The fourth-order valence-electron chi connectivity index (χ4n) is 3.49. The Morgan fingerprint density at radius 3 is 2.50 bits per heavy atom. The van der Waals surface area contributed by atoms with Crippen molar-refractivity contribution in [3.63, 3.8) is 0 Å². The monoisotopic (exact) mass is 559 g/mol. The van der Waals surface area contributed by atoms with Gasteiger partial charge in [-0.3, -0.25) is 14.9 Å². The molecule has 3 heterocycles.